The van der Waals surface area contributed by atoms with Gasteiger partial charge in [0.15, 0.2) is 0 Å². The van der Waals surface area contributed by atoms with Crippen molar-refractivity contribution in [1.29, 1.82) is 0 Å². The normalized spacial score (nSPS) is 28.5. The molecule has 0 aromatic heterocycles. The second kappa shape index (κ2) is 10.3. The molecule has 6 heteroatoms. The molecule has 0 amide bonds. The smallest absolute Gasteiger partial charge is 0.206 e. The van der Waals surface area contributed by atoms with Gasteiger partial charge in [0.25, 0.3) is 0 Å². The van der Waals surface area contributed by atoms with Crippen molar-refractivity contribution in [2.24, 2.45) is 23.7 Å². The zero-order chi connectivity index (χ0) is 21.0. The van der Waals surface area contributed by atoms with Gasteiger partial charge < -0.3 is 0 Å². The lowest BCUT2D eigenvalue weighted by Gasteiger charge is -2.38. The summed E-state index contributed by atoms with van der Waals surface area (Å²) in [6.07, 6.45) is 13.0. The fraction of sp³-hybridized carbons (Fsp3) is 0.739. The van der Waals surface area contributed by atoms with Crippen LogP contribution in [-0.4, -0.2) is 5.75 Å². The van der Waals surface area contributed by atoms with Crippen LogP contribution < -0.4 is 0 Å². The fourth-order valence-electron chi connectivity index (χ4n) is 5.30. The van der Waals surface area contributed by atoms with Gasteiger partial charge in [-0.3, -0.25) is 0 Å². The number of thioether (sulfide) groups is 1. The Morgan fingerprint density at radius 1 is 0.897 bits per heavy atom. The molecule has 0 radical (unpaired) electrons. The van der Waals surface area contributed by atoms with Crippen LogP contribution in [0.2, 0.25) is 0 Å². The predicted molar refractivity (Wildman–Crippen MR) is 113 cm³/mol. The van der Waals surface area contributed by atoms with Gasteiger partial charge in [0.1, 0.15) is 17.2 Å². The van der Waals surface area contributed by atoms with Gasteiger partial charge in [0.2, 0.25) is 0 Å². The Balaban J connectivity index is 1.45. The Labute approximate surface area is 181 Å². The molecule has 0 aliphatic heterocycles. The Bertz CT molecular complexity index is 636. The molecule has 0 spiro atoms. The molecule has 1 aromatic rings. The first kappa shape index (κ1) is 23.2. The van der Waals surface area contributed by atoms with Crippen molar-refractivity contribution in [2.75, 3.05) is 5.75 Å². The highest BCUT2D eigenvalue weighted by atomic mass is 35.5. The van der Waals surface area contributed by atoms with E-state index in [2.05, 4.69) is 6.92 Å². The van der Waals surface area contributed by atoms with Crippen LogP contribution in [0.5, 0.6) is 0 Å². The maximum absolute atomic E-state index is 13.9. The monoisotopic (exact) mass is 450 g/mol. The maximum atomic E-state index is 13.9. The van der Waals surface area contributed by atoms with E-state index in [-0.39, 0.29) is 0 Å². The molecule has 0 heterocycles. The second-order valence-corrected chi connectivity index (χ2v) is 10.5. The molecule has 2 fully saturated rings. The number of halogens is 5. The molecular weight excluding hydrogens is 420 g/mol. The zero-order valence-corrected chi connectivity index (χ0v) is 18.6. The Hall–Kier alpha value is -0.420. The third-order valence-electron chi connectivity index (χ3n) is 6.93. The molecular formula is C23H31ClF4S. The van der Waals surface area contributed by atoms with Gasteiger partial charge in [-0.05, 0) is 85.9 Å². The first-order chi connectivity index (χ1) is 13.8. The molecule has 0 nitrogen and oxygen atoms in total. The van der Waals surface area contributed by atoms with Crippen LogP contribution in [0.15, 0.2) is 17.0 Å². The highest BCUT2D eigenvalue weighted by molar-refractivity contribution is 7.99. The molecule has 29 heavy (non-hydrogen) atoms. The molecule has 2 saturated carbocycles. The van der Waals surface area contributed by atoms with Crippen molar-refractivity contribution < 1.29 is 17.6 Å². The van der Waals surface area contributed by atoms with Crippen LogP contribution in [0.1, 0.15) is 76.7 Å². The van der Waals surface area contributed by atoms with Gasteiger partial charge in [0, 0.05) is 10.6 Å². The van der Waals surface area contributed by atoms with Crippen LogP contribution in [0.3, 0.4) is 0 Å². The minimum Gasteiger partial charge on any atom is -0.206 e. The summed E-state index contributed by atoms with van der Waals surface area (Å²) >= 11 is 6.15. The van der Waals surface area contributed by atoms with Crippen molar-refractivity contribution in [3.63, 3.8) is 0 Å². The maximum Gasteiger partial charge on any atom is 0.353 e. The molecule has 164 valence electrons. The number of hydrogen-bond acceptors (Lipinski definition) is 1. The lowest BCUT2D eigenvalue weighted by atomic mass is 9.69. The summed E-state index contributed by atoms with van der Waals surface area (Å²) < 4.78 is 54.0. The molecule has 2 aliphatic carbocycles. The first-order valence-electron chi connectivity index (χ1n) is 11.0. The average molecular weight is 451 g/mol. The molecule has 3 rings (SSSR count). The van der Waals surface area contributed by atoms with Crippen molar-refractivity contribution in [1.82, 2.24) is 0 Å². The van der Waals surface area contributed by atoms with E-state index in [9.17, 15) is 17.6 Å². The lowest BCUT2D eigenvalue weighted by Crippen LogP contribution is -2.26. The van der Waals surface area contributed by atoms with Crippen LogP contribution in [0.25, 0.3) is 0 Å². The van der Waals surface area contributed by atoms with E-state index in [1.165, 1.54) is 63.1 Å². The number of alkyl halides is 3. The van der Waals surface area contributed by atoms with E-state index in [4.69, 9.17) is 11.6 Å². The van der Waals surface area contributed by atoms with Gasteiger partial charge in [-0.15, -0.1) is 11.8 Å². The van der Waals surface area contributed by atoms with E-state index in [0.717, 1.165) is 48.5 Å². The third-order valence-corrected chi connectivity index (χ3v) is 8.33. The summed E-state index contributed by atoms with van der Waals surface area (Å²) in [5, 5.41) is -4.04. The summed E-state index contributed by atoms with van der Waals surface area (Å²) in [4.78, 5) is 0.348. The van der Waals surface area contributed by atoms with E-state index in [1.54, 1.807) is 0 Å². The molecule has 2 aliphatic rings. The van der Waals surface area contributed by atoms with Crippen LogP contribution in [0.4, 0.5) is 17.6 Å². The molecule has 0 unspecified atom stereocenters. The predicted octanol–water partition coefficient (Wildman–Crippen LogP) is 8.76. The number of rotatable bonds is 7. The third kappa shape index (κ3) is 6.29. The minimum absolute atomic E-state index is 0.348. The van der Waals surface area contributed by atoms with Crippen molar-refractivity contribution in [3.8, 4) is 0 Å². The highest BCUT2D eigenvalue weighted by Gasteiger charge is 2.36. The van der Waals surface area contributed by atoms with Gasteiger partial charge in [-0.25, -0.2) is 8.78 Å². The summed E-state index contributed by atoms with van der Waals surface area (Å²) in [5.41, 5.74) is -1.36. The lowest BCUT2D eigenvalue weighted by molar-refractivity contribution is 0.0857. The fourth-order valence-corrected chi connectivity index (χ4v) is 6.62. The van der Waals surface area contributed by atoms with Crippen LogP contribution in [0, 0.1) is 35.3 Å². The van der Waals surface area contributed by atoms with Gasteiger partial charge in [0.05, 0.1) is 0 Å². The first-order valence-corrected chi connectivity index (χ1v) is 12.3. The van der Waals surface area contributed by atoms with E-state index in [0.29, 0.717) is 10.8 Å². The molecule has 1 aromatic carbocycles. The summed E-state index contributed by atoms with van der Waals surface area (Å²) in [6.45, 7) is 2.27. The minimum atomic E-state index is -4.04. The summed E-state index contributed by atoms with van der Waals surface area (Å²) in [5.74, 6) is 1.38. The summed E-state index contributed by atoms with van der Waals surface area (Å²) in [6, 6.07) is 1.94. The standard InChI is InChI=1S/C23H31ClF4S/c1-2-3-15-4-8-17(9-5-15)18-10-6-16(7-11-18)14-29-19-12-20(25)22(21(26)13-19)23(24,27)28/h12-13,15-18H,2-11,14H2,1H3. The van der Waals surface area contributed by atoms with Crippen molar-refractivity contribution >= 4 is 23.4 Å². The topological polar surface area (TPSA) is 0 Å². The van der Waals surface area contributed by atoms with E-state index in [1.807, 2.05) is 0 Å². The zero-order valence-electron chi connectivity index (χ0n) is 17.0. The molecule has 0 bridgehead atoms. The summed E-state index contributed by atoms with van der Waals surface area (Å²) in [7, 11) is 0. The molecule has 0 N–H and O–H groups in total. The molecule has 0 saturated heterocycles. The van der Waals surface area contributed by atoms with Gasteiger partial charge >= 0.3 is 5.38 Å². The van der Waals surface area contributed by atoms with Gasteiger partial charge in [-0.1, -0.05) is 32.6 Å². The molecule has 0 atom stereocenters. The quantitative estimate of drug-likeness (QED) is 0.227. The Morgan fingerprint density at radius 2 is 1.38 bits per heavy atom. The Kier molecular flexibility index (Phi) is 8.22. The SMILES string of the molecule is CCCC1CCC(C2CCC(CSc3cc(F)c(C(F)(F)Cl)c(F)c3)CC2)CC1. The highest BCUT2D eigenvalue weighted by Crippen LogP contribution is 2.43. The average Bonchev–Trinajstić information content (AvgIpc) is 2.66. The van der Waals surface area contributed by atoms with Crippen molar-refractivity contribution in [3.05, 3.63) is 29.3 Å². The van der Waals surface area contributed by atoms with Gasteiger partial charge in [-0.2, -0.15) is 8.78 Å². The Morgan fingerprint density at radius 3 is 1.83 bits per heavy atom. The number of hydrogen-bond donors (Lipinski definition) is 0. The van der Waals surface area contributed by atoms with E-state index < -0.39 is 22.6 Å². The second-order valence-electron chi connectivity index (χ2n) is 8.92. The van der Waals surface area contributed by atoms with E-state index >= 15 is 0 Å². The number of benzene rings is 1. The van der Waals surface area contributed by atoms with Crippen LogP contribution in [-0.2, 0) is 5.38 Å². The van der Waals surface area contributed by atoms with Crippen molar-refractivity contribution in [2.45, 2.75) is 81.4 Å². The van der Waals surface area contributed by atoms with Crippen LogP contribution >= 0.6 is 23.4 Å². The largest absolute Gasteiger partial charge is 0.353 e.